The number of nitrogens with two attached hydrogens (primary N) is 1. The van der Waals surface area contributed by atoms with Gasteiger partial charge in [0.1, 0.15) is 11.9 Å². The molecule has 9 nitrogen and oxygen atoms in total. The Balaban J connectivity index is 1.77. The number of pyridine rings is 1. The number of nitrogens with one attached hydrogen (secondary N) is 1. The van der Waals surface area contributed by atoms with Crippen LogP contribution in [0.25, 0.3) is 0 Å². The molecule has 0 spiro atoms. The topological polar surface area (TPSA) is 129 Å². The number of nitro groups is 1. The summed E-state index contributed by atoms with van der Waals surface area (Å²) >= 11 is 0. The van der Waals surface area contributed by atoms with Crippen molar-refractivity contribution in [2.75, 3.05) is 11.1 Å². The number of aromatic nitrogens is 3. The third-order valence-corrected chi connectivity index (χ3v) is 2.94. The van der Waals surface area contributed by atoms with E-state index in [0.717, 1.165) is 6.20 Å². The maximum atomic E-state index is 10.7. The molecule has 0 aliphatic rings. The van der Waals surface area contributed by atoms with Crippen LogP contribution in [0.3, 0.4) is 0 Å². The number of benzene rings is 1. The molecule has 2 heterocycles. The van der Waals surface area contributed by atoms with Crippen LogP contribution in [0.4, 0.5) is 23.1 Å². The summed E-state index contributed by atoms with van der Waals surface area (Å²) in [4.78, 5) is 21.9. The molecule has 3 N–H and O–H groups in total. The number of hydrogen-bond acceptors (Lipinski definition) is 8. The van der Waals surface area contributed by atoms with E-state index < -0.39 is 4.92 Å². The van der Waals surface area contributed by atoms with Crippen molar-refractivity contribution >= 4 is 23.1 Å². The van der Waals surface area contributed by atoms with Gasteiger partial charge < -0.3 is 15.8 Å². The fourth-order valence-corrected chi connectivity index (χ4v) is 1.88. The molecule has 0 fully saturated rings. The molecule has 0 aliphatic carbocycles. The Kier molecular flexibility index (Phi) is 4.15. The van der Waals surface area contributed by atoms with Crippen molar-refractivity contribution in [3.8, 4) is 11.6 Å². The van der Waals surface area contributed by atoms with Gasteiger partial charge in [0.05, 0.1) is 4.92 Å². The number of anilines is 3. The summed E-state index contributed by atoms with van der Waals surface area (Å²) < 4.78 is 5.63. The summed E-state index contributed by atoms with van der Waals surface area (Å²) in [5.74, 6) is 0.963. The molecule has 2 aromatic heterocycles. The molecule has 0 bridgehead atoms. The average molecular weight is 324 g/mol. The van der Waals surface area contributed by atoms with Gasteiger partial charge in [-0.1, -0.05) is 12.1 Å². The van der Waals surface area contributed by atoms with Crippen molar-refractivity contribution in [3.63, 3.8) is 0 Å². The largest absolute Gasteiger partial charge is 0.439 e. The molecule has 0 radical (unpaired) electrons. The molecule has 120 valence electrons. The van der Waals surface area contributed by atoms with Crippen molar-refractivity contribution < 1.29 is 9.66 Å². The van der Waals surface area contributed by atoms with E-state index in [4.69, 9.17) is 10.5 Å². The van der Waals surface area contributed by atoms with E-state index in [1.807, 2.05) is 6.07 Å². The van der Waals surface area contributed by atoms with Gasteiger partial charge in [-0.2, -0.15) is 4.98 Å². The van der Waals surface area contributed by atoms with Crippen molar-refractivity contribution in [1.82, 2.24) is 15.0 Å². The van der Waals surface area contributed by atoms with Crippen LogP contribution in [0.2, 0.25) is 0 Å². The molecule has 0 amide bonds. The van der Waals surface area contributed by atoms with Crippen molar-refractivity contribution in [2.45, 2.75) is 0 Å². The lowest BCUT2D eigenvalue weighted by molar-refractivity contribution is -0.384. The van der Waals surface area contributed by atoms with Gasteiger partial charge in [-0.3, -0.25) is 10.1 Å². The van der Waals surface area contributed by atoms with Crippen LogP contribution in [0.1, 0.15) is 0 Å². The highest BCUT2D eigenvalue weighted by atomic mass is 16.6. The molecule has 1 aromatic carbocycles. The molecule has 0 saturated heterocycles. The van der Waals surface area contributed by atoms with E-state index in [0.29, 0.717) is 17.3 Å². The number of nitrogen functional groups attached to an aromatic ring is 1. The molecule has 0 saturated carbocycles. The fraction of sp³-hybridized carbons (Fsp3) is 0. The predicted octanol–water partition coefficient (Wildman–Crippen LogP) is 2.90. The van der Waals surface area contributed by atoms with Gasteiger partial charge in [-0.05, 0) is 18.2 Å². The Morgan fingerprint density at radius 1 is 1.17 bits per heavy atom. The van der Waals surface area contributed by atoms with E-state index in [-0.39, 0.29) is 17.5 Å². The van der Waals surface area contributed by atoms with Gasteiger partial charge in [-0.15, -0.1) is 0 Å². The predicted molar refractivity (Wildman–Crippen MR) is 87.1 cm³/mol. The van der Waals surface area contributed by atoms with Crippen LogP contribution in [0, 0.1) is 10.1 Å². The first-order valence-corrected chi connectivity index (χ1v) is 6.85. The number of hydrogen-bond donors (Lipinski definition) is 2. The molecule has 3 aromatic rings. The molecule has 0 aliphatic heterocycles. The molecule has 9 heteroatoms. The SMILES string of the molecule is Nc1nc(Nc2cccc(Oc3ccccn3)c2)ncc1[N+](=O)[O-]. The molecule has 0 atom stereocenters. The van der Waals surface area contributed by atoms with Crippen molar-refractivity contribution in [1.29, 1.82) is 0 Å². The van der Waals surface area contributed by atoms with E-state index in [9.17, 15) is 10.1 Å². The quantitative estimate of drug-likeness (QED) is 0.541. The molecule has 3 rings (SSSR count). The zero-order chi connectivity index (χ0) is 16.9. The Morgan fingerprint density at radius 3 is 2.75 bits per heavy atom. The smallest absolute Gasteiger partial charge is 0.329 e. The number of rotatable bonds is 5. The lowest BCUT2D eigenvalue weighted by Crippen LogP contribution is -2.03. The van der Waals surface area contributed by atoms with Gasteiger partial charge in [0, 0.05) is 24.0 Å². The van der Waals surface area contributed by atoms with Crippen LogP contribution >= 0.6 is 0 Å². The zero-order valence-electron chi connectivity index (χ0n) is 12.3. The minimum atomic E-state index is -0.638. The maximum Gasteiger partial charge on any atom is 0.329 e. The maximum absolute atomic E-state index is 10.7. The second kappa shape index (κ2) is 6.57. The number of ether oxygens (including phenoxy) is 1. The minimum Gasteiger partial charge on any atom is -0.439 e. The lowest BCUT2D eigenvalue weighted by Gasteiger charge is -2.08. The molecular weight excluding hydrogens is 312 g/mol. The van der Waals surface area contributed by atoms with E-state index in [1.54, 1.807) is 42.6 Å². The Labute approximate surface area is 136 Å². The molecule has 0 unspecified atom stereocenters. The van der Waals surface area contributed by atoms with Gasteiger partial charge in [0.15, 0.2) is 0 Å². The van der Waals surface area contributed by atoms with Crippen LogP contribution in [0.15, 0.2) is 54.9 Å². The van der Waals surface area contributed by atoms with Gasteiger partial charge in [-0.25, -0.2) is 9.97 Å². The Hall–Kier alpha value is -3.75. The lowest BCUT2D eigenvalue weighted by atomic mass is 10.3. The highest BCUT2D eigenvalue weighted by Gasteiger charge is 2.14. The molecular formula is C15H12N6O3. The third kappa shape index (κ3) is 3.53. The van der Waals surface area contributed by atoms with Gasteiger partial charge >= 0.3 is 5.69 Å². The summed E-state index contributed by atoms with van der Waals surface area (Å²) in [6.45, 7) is 0. The highest BCUT2D eigenvalue weighted by Crippen LogP contribution is 2.25. The zero-order valence-corrected chi connectivity index (χ0v) is 12.3. The van der Waals surface area contributed by atoms with E-state index >= 15 is 0 Å². The van der Waals surface area contributed by atoms with E-state index in [1.165, 1.54) is 0 Å². The first-order valence-electron chi connectivity index (χ1n) is 6.85. The monoisotopic (exact) mass is 324 g/mol. The normalized spacial score (nSPS) is 10.2. The summed E-state index contributed by atoms with van der Waals surface area (Å²) in [5.41, 5.74) is 5.84. The summed E-state index contributed by atoms with van der Waals surface area (Å²) in [7, 11) is 0. The van der Waals surface area contributed by atoms with Gasteiger partial charge in [0.25, 0.3) is 0 Å². The van der Waals surface area contributed by atoms with Gasteiger partial charge in [0.2, 0.25) is 17.6 Å². The van der Waals surface area contributed by atoms with Crippen LogP contribution in [-0.2, 0) is 0 Å². The summed E-state index contributed by atoms with van der Waals surface area (Å²) in [5, 5.41) is 13.6. The first-order chi connectivity index (χ1) is 11.6. The fourth-order valence-electron chi connectivity index (χ4n) is 1.88. The Bertz CT molecular complexity index is 872. The minimum absolute atomic E-state index is 0.146. The van der Waals surface area contributed by atoms with Crippen LogP contribution < -0.4 is 15.8 Å². The average Bonchev–Trinajstić information content (AvgIpc) is 2.56. The Morgan fingerprint density at radius 2 is 2.04 bits per heavy atom. The standard InChI is InChI=1S/C15H12N6O3/c16-14-12(21(22)23)9-18-15(20-14)19-10-4-3-5-11(8-10)24-13-6-1-2-7-17-13/h1-9H,(H3,16,18,19,20). The van der Waals surface area contributed by atoms with Crippen LogP contribution in [-0.4, -0.2) is 19.9 Å². The third-order valence-electron chi connectivity index (χ3n) is 2.94. The second-order valence-electron chi connectivity index (χ2n) is 4.64. The second-order valence-corrected chi connectivity index (χ2v) is 4.64. The van der Waals surface area contributed by atoms with E-state index in [2.05, 4.69) is 20.3 Å². The highest BCUT2D eigenvalue weighted by molar-refractivity contribution is 5.60. The summed E-state index contributed by atoms with van der Waals surface area (Å²) in [6, 6.07) is 12.4. The summed E-state index contributed by atoms with van der Waals surface area (Å²) in [6.07, 6.45) is 2.68. The molecule has 24 heavy (non-hydrogen) atoms. The van der Waals surface area contributed by atoms with Crippen molar-refractivity contribution in [3.05, 3.63) is 65.0 Å². The first kappa shape index (κ1) is 15.2. The van der Waals surface area contributed by atoms with Crippen LogP contribution in [0.5, 0.6) is 11.6 Å². The van der Waals surface area contributed by atoms with Crippen molar-refractivity contribution in [2.24, 2.45) is 0 Å². The number of nitrogens with zero attached hydrogens (tertiary/aromatic N) is 4.